The molecule has 1 rings (SSSR count). The first-order valence-electron chi connectivity index (χ1n) is 4.82. The normalized spacial score (nSPS) is 9.71. The van der Waals surface area contributed by atoms with E-state index in [1.807, 2.05) is 0 Å². The Balaban J connectivity index is 2.86. The molecular formula is C11H12N2O4. The van der Waals surface area contributed by atoms with E-state index in [9.17, 15) is 14.4 Å². The van der Waals surface area contributed by atoms with Gasteiger partial charge in [0.05, 0.1) is 12.0 Å². The molecule has 6 heteroatoms. The van der Waals surface area contributed by atoms with Crippen molar-refractivity contribution in [2.75, 3.05) is 11.1 Å². The van der Waals surface area contributed by atoms with Crippen molar-refractivity contribution in [1.29, 1.82) is 0 Å². The maximum atomic E-state index is 11.3. The van der Waals surface area contributed by atoms with Crippen LogP contribution in [0, 0.1) is 0 Å². The molecule has 0 saturated carbocycles. The zero-order chi connectivity index (χ0) is 13.0. The number of carboxylic acids is 1. The number of carbonyl (C=O) groups is 3. The Morgan fingerprint density at radius 2 is 2.00 bits per heavy atom. The summed E-state index contributed by atoms with van der Waals surface area (Å²) in [5, 5.41) is 11.2. The lowest BCUT2D eigenvalue weighted by Gasteiger charge is -2.06. The molecule has 0 spiro atoms. The average molecular weight is 236 g/mol. The maximum Gasteiger partial charge on any atom is 0.337 e. The molecule has 0 aliphatic carbocycles. The number of aromatic carboxylic acids is 1. The second-order valence-electron chi connectivity index (χ2n) is 3.53. The van der Waals surface area contributed by atoms with Gasteiger partial charge in [0.15, 0.2) is 0 Å². The van der Waals surface area contributed by atoms with Gasteiger partial charge in [-0.25, -0.2) is 4.79 Å². The molecule has 4 N–H and O–H groups in total. The number of amides is 1. The van der Waals surface area contributed by atoms with Gasteiger partial charge in [-0.05, 0) is 25.1 Å². The van der Waals surface area contributed by atoms with Crippen molar-refractivity contribution in [3.05, 3.63) is 23.8 Å². The molecule has 0 unspecified atom stereocenters. The van der Waals surface area contributed by atoms with Gasteiger partial charge >= 0.3 is 5.97 Å². The number of anilines is 2. The number of ketones is 1. The molecule has 0 aromatic heterocycles. The minimum absolute atomic E-state index is 0.0920. The van der Waals surface area contributed by atoms with Crippen LogP contribution < -0.4 is 11.1 Å². The van der Waals surface area contributed by atoms with Crippen LogP contribution >= 0.6 is 0 Å². The van der Waals surface area contributed by atoms with Crippen LogP contribution in [0.4, 0.5) is 11.4 Å². The standard InChI is InChI=1S/C11H12N2O4/c1-6(14)4-10(15)13-7-2-3-9(12)8(5-7)11(16)17/h2-3,5H,4,12H2,1H3,(H,13,15)(H,16,17). The topological polar surface area (TPSA) is 109 Å². The Morgan fingerprint density at radius 1 is 1.35 bits per heavy atom. The molecule has 0 bridgehead atoms. The van der Waals surface area contributed by atoms with Gasteiger partial charge in [0, 0.05) is 11.4 Å². The highest BCUT2D eigenvalue weighted by molar-refractivity contribution is 6.04. The predicted molar refractivity (Wildman–Crippen MR) is 61.7 cm³/mol. The van der Waals surface area contributed by atoms with E-state index in [-0.39, 0.29) is 23.5 Å². The number of Topliss-reactive ketones (excluding diaryl/α,β-unsaturated/α-hetero) is 1. The number of rotatable bonds is 4. The molecule has 0 aliphatic rings. The van der Waals surface area contributed by atoms with Crippen molar-refractivity contribution >= 4 is 29.0 Å². The Bertz CT molecular complexity index is 482. The molecule has 6 nitrogen and oxygen atoms in total. The Hall–Kier alpha value is -2.37. The van der Waals surface area contributed by atoms with E-state index >= 15 is 0 Å². The zero-order valence-corrected chi connectivity index (χ0v) is 9.19. The summed E-state index contributed by atoms with van der Waals surface area (Å²) in [7, 11) is 0. The lowest BCUT2D eigenvalue weighted by Crippen LogP contribution is -2.15. The van der Waals surface area contributed by atoms with Crippen LogP contribution in [-0.2, 0) is 9.59 Å². The van der Waals surface area contributed by atoms with Crippen LogP contribution in [0.2, 0.25) is 0 Å². The number of nitrogens with two attached hydrogens (primary N) is 1. The number of hydrogen-bond acceptors (Lipinski definition) is 4. The van der Waals surface area contributed by atoms with Crippen LogP contribution in [0.15, 0.2) is 18.2 Å². The first kappa shape index (κ1) is 12.7. The van der Waals surface area contributed by atoms with E-state index in [1.165, 1.54) is 25.1 Å². The second-order valence-corrected chi connectivity index (χ2v) is 3.53. The Morgan fingerprint density at radius 3 is 2.53 bits per heavy atom. The van der Waals surface area contributed by atoms with Gasteiger partial charge in [-0.1, -0.05) is 0 Å². The average Bonchev–Trinajstić information content (AvgIpc) is 2.19. The fourth-order valence-corrected chi connectivity index (χ4v) is 1.25. The van der Waals surface area contributed by atoms with Gasteiger partial charge in [-0.15, -0.1) is 0 Å². The van der Waals surface area contributed by atoms with Crippen molar-refractivity contribution in [3.8, 4) is 0 Å². The lowest BCUT2D eigenvalue weighted by atomic mass is 10.1. The zero-order valence-electron chi connectivity index (χ0n) is 9.19. The third-order valence-electron chi connectivity index (χ3n) is 1.98. The summed E-state index contributed by atoms with van der Waals surface area (Å²) in [6.45, 7) is 1.30. The number of benzene rings is 1. The maximum absolute atomic E-state index is 11.3. The van der Waals surface area contributed by atoms with Crippen molar-refractivity contribution in [2.45, 2.75) is 13.3 Å². The number of hydrogen-bond donors (Lipinski definition) is 3. The molecule has 0 atom stereocenters. The third kappa shape index (κ3) is 3.60. The highest BCUT2D eigenvalue weighted by atomic mass is 16.4. The molecule has 0 saturated heterocycles. The molecule has 1 aromatic carbocycles. The van der Waals surface area contributed by atoms with E-state index in [4.69, 9.17) is 10.8 Å². The van der Waals surface area contributed by atoms with E-state index in [0.717, 1.165) is 0 Å². The minimum atomic E-state index is -1.18. The Kier molecular flexibility index (Phi) is 3.82. The van der Waals surface area contributed by atoms with Gasteiger partial charge in [0.25, 0.3) is 0 Å². The van der Waals surface area contributed by atoms with Gasteiger partial charge in [0.2, 0.25) is 5.91 Å². The van der Waals surface area contributed by atoms with Crippen molar-refractivity contribution < 1.29 is 19.5 Å². The van der Waals surface area contributed by atoms with Crippen LogP contribution in [0.1, 0.15) is 23.7 Å². The predicted octanol–water partition coefficient (Wildman–Crippen LogP) is 0.885. The molecule has 0 radical (unpaired) electrons. The summed E-state index contributed by atoms with van der Waals surface area (Å²) in [6.07, 6.45) is -0.243. The number of nitrogens with one attached hydrogen (secondary N) is 1. The monoisotopic (exact) mass is 236 g/mol. The molecule has 1 aromatic rings. The third-order valence-corrected chi connectivity index (χ3v) is 1.98. The molecule has 17 heavy (non-hydrogen) atoms. The molecule has 1 amide bonds. The van der Waals surface area contributed by atoms with E-state index in [2.05, 4.69) is 5.32 Å². The quantitative estimate of drug-likeness (QED) is 0.531. The first-order chi connectivity index (χ1) is 7.90. The smallest absolute Gasteiger partial charge is 0.337 e. The molecule has 0 aliphatic heterocycles. The molecule has 90 valence electrons. The summed E-state index contributed by atoms with van der Waals surface area (Å²) in [5.74, 6) is -1.93. The van der Waals surface area contributed by atoms with Gasteiger partial charge in [0.1, 0.15) is 5.78 Å². The van der Waals surface area contributed by atoms with Gasteiger partial charge < -0.3 is 16.2 Å². The highest BCUT2D eigenvalue weighted by Gasteiger charge is 2.10. The van der Waals surface area contributed by atoms with Gasteiger partial charge in [-0.3, -0.25) is 9.59 Å². The van der Waals surface area contributed by atoms with Crippen molar-refractivity contribution in [3.63, 3.8) is 0 Å². The van der Waals surface area contributed by atoms with Crippen LogP contribution in [0.25, 0.3) is 0 Å². The molecule has 0 heterocycles. The summed E-state index contributed by atoms with van der Waals surface area (Å²) < 4.78 is 0. The summed E-state index contributed by atoms with van der Waals surface area (Å²) in [6, 6.07) is 4.10. The second kappa shape index (κ2) is 5.11. The van der Waals surface area contributed by atoms with Crippen molar-refractivity contribution in [2.24, 2.45) is 0 Å². The van der Waals surface area contributed by atoms with E-state index in [0.29, 0.717) is 5.69 Å². The van der Waals surface area contributed by atoms with E-state index in [1.54, 1.807) is 0 Å². The first-order valence-corrected chi connectivity index (χ1v) is 4.82. The molecular weight excluding hydrogens is 224 g/mol. The summed E-state index contributed by atoms with van der Waals surface area (Å²) >= 11 is 0. The van der Waals surface area contributed by atoms with Crippen LogP contribution in [0.3, 0.4) is 0 Å². The summed E-state index contributed by atoms with van der Waals surface area (Å²) in [4.78, 5) is 32.8. The number of nitrogen functional groups attached to an aromatic ring is 1. The lowest BCUT2D eigenvalue weighted by molar-refractivity contribution is -0.124. The highest BCUT2D eigenvalue weighted by Crippen LogP contribution is 2.17. The van der Waals surface area contributed by atoms with Crippen LogP contribution in [-0.4, -0.2) is 22.8 Å². The largest absolute Gasteiger partial charge is 0.478 e. The SMILES string of the molecule is CC(=O)CC(=O)Nc1ccc(N)c(C(=O)O)c1. The number of carboxylic acid groups (broad SMARTS) is 1. The Labute approximate surface area is 97.4 Å². The summed E-state index contributed by atoms with van der Waals surface area (Å²) in [5.41, 5.74) is 5.77. The fraction of sp³-hybridized carbons (Fsp3) is 0.182. The van der Waals surface area contributed by atoms with Crippen LogP contribution in [0.5, 0.6) is 0 Å². The van der Waals surface area contributed by atoms with Gasteiger partial charge in [-0.2, -0.15) is 0 Å². The number of carbonyl (C=O) groups excluding carboxylic acids is 2. The molecule has 0 fully saturated rings. The minimum Gasteiger partial charge on any atom is -0.478 e. The van der Waals surface area contributed by atoms with Crippen molar-refractivity contribution in [1.82, 2.24) is 0 Å². The van der Waals surface area contributed by atoms with E-state index < -0.39 is 11.9 Å². The fourth-order valence-electron chi connectivity index (χ4n) is 1.25.